The highest BCUT2D eigenvalue weighted by Crippen LogP contribution is 2.45. The van der Waals surface area contributed by atoms with Gasteiger partial charge in [0, 0.05) is 13.1 Å². The normalized spacial score (nSPS) is 19.5. The smallest absolute Gasteiger partial charge is 0.109 e. The van der Waals surface area contributed by atoms with E-state index in [0.717, 1.165) is 25.9 Å². The molecule has 2 aromatic carbocycles. The minimum atomic E-state index is 0.116. The van der Waals surface area contributed by atoms with Crippen molar-refractivity contribution in [3.05, 3.63) is 59.7 Å². The second-order valence-corrected chi connectivity index (χ2v) is 6.19. The highest BCUT2D eigenvalue weighted by Gasteiger charge is 2.31. The number of benzene rings is 2. The van der Waals surface area contributed by atoms with Crippen LogP contribution in [0.25, 0.3) is 11.1 Å². The highest BCUT2D eigenvalue weighted by molar-refractivity contribution is 5.78. The molecule has 0 atom stereocenters. The lowest BCUT2D eigenvalue weighted by Gasteiger charge is -2.31. The summed E-state index contributed by atoms with van der Waals surface area (Å²) < 4.78 is 6.53. The number of piperidine rings is 1. The third-order valence-electron chi connectivity index (χ3n) is 4.77. The van der Waals surface area contributed by atoms with Gasteiger partial charge >= 0.3 is 0 Å². The molecular weight excluding hydrogens is 258 g/mol. The van der Waals surface area contributed by atoms with Crippen LogP contribution in [-0.2, 0) is 4.74 Å². The predicted octanol–water partition coefficient (Wildman–Crippen LogP) is 3.87. The lowest BCUT2D eigenvalue weighted by molar-refractivity contribution is -0.0217. The van der Waals surface area contributed by atoms with Crippen LogP contribution >= 0.6 is 0 Å². The van der Waals surface area contributed by atoms with Crippen molar-refractivity contribution in [3.8, 4) is 11.1 Å². The molecule has 0 N–H and O–H groups in total. The fourth-order valence-electron chi connectivity index (χ4n) is 3.57. The Hall–Kier alpha value is -1.64. The number of ether oxygens (including phenoxy) is 1. The van der Waals surface area contributed by atoms with Crippen molar-refractivity contribution >= 4 is 0 Å². The summed E-state index contributed by atoms with van der Waals surface area (Å²) in [7, 11) is 2.19. The molecule has 21 heavy (non-hydrogen) atoms. The Labute approximate surface area is 126 Å². The van der Waals surface area contributed by atoms with Crippen LogP contribution in [0, 0.1) is 0 Å². The van der Waals surface area contributed by atoms with Gasteiger partial charge in [-0.3, -0.25) is 0 Å². The van der Waals surface area contributed by atoms with Gasteiger partial charge < -0.3 is 9.64 Å². The van der Waals surface area contributed by atoms with Gasteiger partial charge in [0.1, 0.15) is 6.10 Å². The topological polar surface area (TPSA) is 12.5 Å². The maximum atomic E-state index is 6.53. The monoisotopic (exact) mass is 279 g/mol. The summed E-state index contributed by atoms with van der Waals surface area (Å²) in [6, 6.07) is 17.3. The molecular formula is C19H21NO. The van der Waals surface area contributed by atoms with Gasteiger partial charge in [-0.1, -0.05) is 48.5 Å². The van der Waals surface area contributed by atoms with Crippen LogP contribution in [0.2, 0.25) is 0 Å². The van der Waals surface area contributed by atoms with E-state index in [1.807, 2.05) is 0 Å². The zero-order valence-electron chi connectivity index (χ0n) is 12.5. The van der Waals surface area contributed by atoms with E-state index in [1.165, 1.54) is 22.3 Å². The van der Waals surface area contributed by atoms with Crippen LogP contribution < -0.4 is 0 Å². The van der Waals surface area contributed by atoms with E-state index in [2.05, 4.69) is 60.5 Å². The fraction of sp³-hybridized carbons (Fsp3) is 0.368. The Morgan fingerprint density at radius 2 is 1.38 bits per heavy atom. The first-order valence-corrected chi connectivity index (χ1v) is 7.85. The molecule has 0 bridgehead atoms. The van der Waals surface area contributed by atoms with Gasteiger partial charge in [-0.2, -0.15) is 0 Å². The maximum Gasteiger partial charge on any atom is 0.109 e. The van der Waals surface area contributed by atoms with E-state index in [4.69, 9.17) is 4.74 Å². The minimum Gasteiger partial charge on any atom is -0.365 e. The molecule has 0 radical (unpaired) electrons. The van der Waals surface area contributed by atoms with Crippen LogP contribution in [0.3, 0.4) is 0 Å². The molecule has 0 aromatic heterocycles. The quantitative estimate of drug-likeness (QED) is 0.827. The lowest BCUT2D eigenvalue weighted by atomic mass is 10.1. The number of hydrogen-bond acceptors (Lipinski definition) is 2. The summed E-state index contributed by atoms with van der Waals surface area (Å²) in [6.07, 6.45) is 2.77. The summed E-state index contributed by atoms with van der Waals surface area (Å²) in [5, 5.41) is 0. The number of nitrogens with zero attached hydrogens (tertiary/aromatic N) is 1. The molecule has 0 saturated carbocycles. The zero-order chi connectivity index (χ0) is 14.2. The average molecular weight is 279 g/mol. The summed E-state index contributed by atoms with van der Waals surface area (Å²) >= 11 is 0. The molecule has 2 aliphatic rings. The maximum absolute atomic E-state index is 6.53. The van der Waals surface area contributed by atoms with Crippen LogP contribution in [0.5, 0.6) is 0 Å². The van der Waals surface area contributed by atoms with Gasteiger partial charge in [-0.05, 0) is 42.1 Å². The van der Waals surface area contributed by atoms with Crippen molar-refractivity contribution in [3.63, 3.8) is 0 Å². The van der Waals surface area contributed by atoms with Gasteiger partial charge in [0.05, 0.1) is 6.10 Å². The van der Waals surface area contributed by atoms with Gasteiger partial charge in [0.25, 0.3) is 0 Å². The Kier molecular flexibility index (Phi) is 3.28. The third-order valence-corrected chi connectivity index (χ3v) is 4.77. The largest absolute Gasteiger partial charge is 0.365 e. The Morgan fingerprint density at radius 1 is 0.857 bits per heavy atom. The van der Waals surface area contributed by atoms with E-state index >= 15 is 0 Å². The second-order valence-electron chi connectivity index (χ2n) is 6.19. The summed E-state index contributed by atoms with van der Waals surface area (Å²) in [5.41, 5.74) is 5.34. The molecule has 2 nitrogen and oxygen atoms in total. The molecule has 1 aliphatic heterocycles. The molecule has 1 fully saturated rings. The summed E-state index contributed by atoms with van der Waals surface area (Å²) in [4.78, 5) is 2.39. The van der Waals surface area contributed by atoms with Gasteiger partial charge in [0.2, 0.25) is 0 Å². The predicted molar refractivity (Wildman–Crippen MR) is 85.3 cm³/mol. The Morgan fingerprint density at radius 3 is 1.95 bits per heavy atom. The van der Waals surface area contributed by atoms with Crippen LogP contribution in [0.15, 0.2) is 48.5 Å². The first-order chi connectivity index (χ1) is 10.3. The molecule has 4 rings (SSSR count). The first kappa shape index (κ1) is 13.1. The summed E-state index contributed by atoms with van der Waals surface area (Å²) in [5.74, 6) is 0. The van der Waals surface area contributed by atoms with Gasteiger partial charge in [-0.15, -0.1) is 0 Å². The zero-order valence-corrected chi connectivity index (χ0v) is 12.5. The first-order valence-electron chi connectivity index (χ1n) is 7.85. The molecule has 2 aromatic rings. The molecule has 1 heterocycles. The van der Waals surface area contributed by atoms with E-state index in [0.29, 0.717) is 6.10 Å². The molecule has 2 heteroatoms. The standard InChI is InChI=1S/C19H21NO/c1-20-12-10-14(11-13-20)21-19-17-8-4-2-6-15(17)16-7-3-5-9-18(16)19/h2-9,14,19H,10-13H2,1H3. The third kappa shape index (κ3) is 2.29. The van der Waals surface area contributed by atoms with E-state index < -0.39 is 0 Å². The highest BCUT2D eigenvalue weighted by atomic mass is 16.5. The number of fused-ring (bicyclic) bond motifs is 3. The number of hydrogen-bond donors (Lipinski definition) is 0. The SMILES string of the molecule is CN1CCC(OC2c3ccccc3-c3ccccc32)CC1. The van der Waals surface area contributed by atoms with E-state index in [1.54, 1.807) is 0 Å². The van der Waals surface area contributed by atoms with Crippen molar-refractivity contribution in [2.45, 2.75) is 25.0 Å². The molecule has 108 valence electrons. The average Bonchev–Trinajstić information content (AvgIpc) is 2.85. The molecule has 1 aliphatic carbocycles. The lowest BCUT2D eigenvalue weighted by Crippen LogP contribution is -2.34. The van der Waals surface area contributed by atoms with Gasteiger partial charge in [-0.25, -0.2) is 0 Å². The minimum absolute atomic E-state index is 0.116. The van der Waals surface area contributed by atoms with Crippen molar-refractivity contribution in [1.29, 1.82) is 0 Å². The molecule has 0 unspecified atom stereocenters. The number of likely N-dealkylation sites (tertiary alicyclic amines) is 1. The van der Waals surface area contributed by atoms with Crippen molar-refractivity contribution in [2.24, 2.45) is 0 Å². The Balaban J connectivity index is 1.66. The second kappa shape index (κ2) is 5.28. The molecule has 0 amide bonds. The Bertz CT molecular complexity index is 598. The molecule has 1 saturated heterocycles. The summed E-state index contributed by atoms with van der Waals surface area (Å²) in [6.45, 7) is 2.28. The van der Waals surface area contributed by atoms with Crippen molar-refractivity contribution in [2.75, 3.05) is 20.1 Å². The van der Waals surface area contributed by atoms with Crippen LogP contribution in [0.1, 0.15) is 30.1 Å². The van der Waals surface area contributed by atoms with Crippen LogP contribution in [0.4, 0.5) is 0 Å². The van der Waals surface area contributed by atoms with E-state index in [9.17, 15) is 0 Å². The fourth-order valence-corrected chi connectivity index (χ4v) is 3.57. The number of rotatable bonds is 2. The van der Waals surface area contributed by atoms with E-state index in [-0.39, 0.29) is 6.10 Å². The van der Waals surface area contributed by atoms with Gasteiger partial charge in [0.15, 0.2) is 0 Å². The van der Waals surface area contributed by atoms with Crippen LogP contribution in [-0.4, -0.2) is 31.1 Å². The van der Waals surface area contributed by atoms with Crippen molar-refractivity contribution < 1.29 is 4.74 Å². The van der Waals surface area contributed by atoms with Crippen molar-refractivity contribution in [1.82, 2.24) is 4.90 Å². The molecule has 0 spiro atoms.